The van der Waals surface area contributed by atoms with Gasteiger partial charge in [-0.25, -0.2) is 4.99 Å². The van der Waals surface area contributed by atoms with Crippen molar-refractivity contribution in [1.29, 1.82) is 0 Å². The van der Waals surface area contributed by atoms with Crippen molar-refractivity contribution in [1.82, 2.24) is 0 Å². The number of rotatable bonds is 1. The van der Waals surface area contributed by atoms with Gasteiger partial charge in [-0.2, -0.15) is 0 Å². The second-order valence-electron chi connectivity index (χ2n) is 5.21. The van der Waals surface area contributed by atoms with E-state index in [1.54, 1.807) is 36.4 Å². The summed E-state index contributed by atoms with van der Waals surface area (Å²) < 4.78 is 0. The molecule has 0 aromatic heterocycles. The van der Waals surface area contributed by atoms with Crippen LogP contribution in [0.15, 0.2) is 77.8 Å². The summed E-state index contributed by atoms with van der Waals surface area (Å²) in [4.78, 5) is 15.1. The number of aromatic hydroxyl groups is 1. The van der Waals surface area contributed by atoms with Gasteiger partial charge in [0.2, 0.25) is 0 Å². The molecule has 0 saturated carbocycles. The van der Waals surface area contributed by atoms with Crippen LogP contribution in [0.5, 0.6) is 5.75 Å². The fourth-order valence-corrected chi connectivity index (χ4v) is 1.86. The van der Waals surface area contributed by atoms with Crippen molar-refractivity contribution in [3.8, 4) is 5.75 Å². The highest BCUT2D eigenvalue weighted by molar-refractivity contribution is 6.17. The second kappa shape index (κ2) is 7.90. The quantitative estimate of drug-likeness (QED) is 0.791. The van der Waals surface area contributed by atoms with E-state index < -0.39 is 0 Å². The van der Waals surface area contributed by atoms with Crippen molar-refractivity contribution in [3.05, 3.63) is 84.0 Å². The van der Waals surface area contributed by atoms with Crippen LogP contribution >= 0.6 is 0 Å². The molecule has 1 aliphatic carbocycles. The minimum atomic E-state index is -0.0281. The minimum absolute atomic E-state index is 0.0281. The van der Waals surface area contributed by atoms with E-state index in [-0.39, 0.29) is 11.5 Å². The summed E-state index contributed by atoms with van der Waals surface area (Å²) >= 11 is 0. The molecule has 0 atom stereocenters. The summed E-state index contributed by atoms with van der Waals surface area (Å²) in [7, 11) is 0. The van der Waals surface area contributed by atoms with Crippen molar-refractivity contribution >= 4 is 17.2 Å². The molecule has 1 N–H and O–H groups in total. The zero-order valence-electron chi connectivity index (χ0n) is 13.2. The monoisotopic (exact) mass is 305 g/mol. The first kappa shape index (κ1) is 16.4. The first-order valence-electron chi connectivity index (χ1n) is 7.35. The van der Waals surface area contributed by atoms with E-state index in [1.807, 2.05) is 0 Å². The molecule has 0 amide bonds. The van der Waals surface area contributed by atoms with Crippen LogP contribution < -0.4 is 0 Å². The third-order valence-electron chi connectivity index (χ3n) is 3.37. The molecule has 116 valence electrons. The topological polar surface area (TPSA) is 49.7 Å². The predicted octanol–water partition coefficient (Wildman–Crippen LogP) is 4.46. The lowest BCUT2D eigenvalue weighted by atomic mass is 10.1. The molecule has 0 heterocycles. The molecule has 0 bridgehead atoms. The molecule has 3 heteroatoms. The smallest absolute Gasteiger partial charge is 0.178 e. The van der Waals surface area contributed by atoms with Gasteiger partial charge < -0.3 is 5.11 Å². The molecule has 0 radical (unpaired) electrons. The summed E-state index contributed by atoms with van der Waals surface area (Å²) in [6.45, 7) is 4.24. The highest BCUT2D eigenvalue weighted by Gasteiger charge is 1.99. The molecular formula is C20H19NO2. The highest BCUT2D eigenvalue weighted by Crippen LogP contribution is 2.17. The van der Waals surface area contributed by atoms with Gasteiger partial charge in [0.25, 0.3) is 0 Å². The number of carbonyl (C=O) groups is 1. The molecule has 0 fully saturated rings. The van der Waals surface area contributed by atoms with Crippen molar-refractivity contribution in [2.75, 3.05) is 0 Å². The van der Waals surface area contributed by atoms with Gasteiger partial charge in [-0.1, -0.05) is 24.3 Å². The van der Waals surface area contributed by atoms with Crippen LogP contribution in [0.2, 0.25) is 0 Å². The number of aryl methyl sites for hydroxylation is 2. The van der Waals surface area contributed by atoms with Gasteiger partial charge in [-0.3, -0.25) is 4.79 Å². The lowest BCUT2D eigenvalue weighted by molar-refractivity contribution is -0.110. The van der Waals surface area contributed by atoms with Crippen molar-refractivity contribution in [2.24, 2.45) is 4.99 Å². The molecule has 0 saturated heterocycles. The van der Waals surface area contributed by atoms with Crippen LogP contribution in [0.25, 0.3) is 0 Å². The van der Waals surface area contributed by atoms with Crippen LogP contribution in [-0.4, -0.2) is 16.6 Å². The van der Waals surface area contributed by atoms with Gasteiger partial charge in [0.1, 0.15) is 5.75 Å². The summed E-state index contributed by atoms with van der Waals surface area (Å²) in [5, 5.41) is 9.08. The average molecular weight is 305 g/mol. The van der Waals surface area contributed by atoms with E-state index in [4.69, 9.17) is 5.11 Å². The van der Waals surface area contributed by atoms with Crippen molar-refractivity contribution < 1.29 is 9.90 Å². The van der Waals surface area contributed by atoms with Gasteiger partial charge in [0.05, 0.1) is 11.4 Å². The zero-order chi connectivity index (χ0) is 16.7. The van der Waals surface area contributed by atoms with Gasteiger partial charge >= 0.3 is 0 Å². The van der Waals surface area contributed by atoms with Crippen LogP contribution in [0.3, 0.4) is 0 Å². The third kappa shape index (κ3) is 5.40. The Hall–Kier alpha value is -2.94. The van der Waals surface area contributed by atoms with E-state index in [1.165, 1.54) is 23.3 Å². The van der Waals surface area contributed by atoms with Crippen molar-refractivity contribution in [2.45, 2.75) is 13.8 Å². The summed E-state index contributed by atoms with van der Waals surface area (Å²) in [6.07, 6.45) is 6.27. The largest absolute Gasteiger partial charge is 0.508 e. The normalized spacial score (nSPS) is 12.6. The molecular weight excluding hydrogens is 286 g/mol. The molecule has 2 aromatic rings. The molecule has 0 aliphatic heterocycles. The van der Waals surface area contributed by atoms with Gasteiger partial charge in [0, 0.05) is 0 Å². The Morgan fingerprint density at radius 1 is 0.783 bits per heavy atom. The molecule has 0 spiro atoms. The number of phenolic OH excluding ortho intramolecular Hbond substituents is 1. The Morgan fingerprint density at radius 2 is 1.30 bits per heavy atom. The van der Waals surface area contributed by atoms with Gasteiger partial charge in [-0.05, 0) is 73.5 Å². The molecule has 3 nitrogen and oxygen atoms in total. The highest BCUT2D eigenvalue weighted by atomic mass is 16.3. The standard InChI is InChI=1S/C12H9NO2.C8H10/c14-11-5-1-9(2-6-11)13-10-3-7-12(15)8-4-10;1-7-5-3-4-6-8(7)2/h1-8,14H;3-6H,1-2H3. The number of aliphatic imine (C=N–C) groups is 1. The Kier molecular flexibility index (Phi) is 5.64. The first-order chi connectivity index (χ1) is 11.0. The maximum atomic E-state index is 10.8. The fraction of sp³-hybridized carbons (Fsp3) is 0.100. The van der Waals surface area contributed by atoms with E-state index in [0.717, 1.165) is 11.4 Å². The van der Waals surface area contributed by atoms with Crippen LogP contribution in [0, 0.1) is 13.8 Å². The summed E-state index contributed by atoms with van der Waals surface area (Å²) in [5.74, 6) is 0.184. The lowest BCUT2D eigenvalue weighted by Gasteiger charge is -1.99. The van der Waals surface area contributed by atoms with Gasteiger partial charge in [0.15, 0.2) is 5.78 Å². The second-order valence-corrected chi connectivity index (χ2v) is 5.21. The predicted molar refractivity (Wildman–Crippen MR) is 94.4 cm³/mol. The van der Waals surface area contributed by atoms with Crippen LogP contribution in [-0.2, 0) is 4.79 Å². The Balaban J connectivity index is 0.000000203. The molecule has 0 unspecified atom stereocenters. The number of carbonyl (C=O) groups excluding carboxylic acids is 1. The number of hydrogen-bond donors (Lipinski definition) is 1. The Morgan fingerprint density at radius 3 is 1.78 bits per heavy atom. The number of benzene rings is 2. The molecule has 3 rings (SSSR count). The Labute approximate surface area is 136 Å². The van der Waals surface area contributed by atoms with E-state index in [0.29, 0.717) is 0 Å². The SMILES string of the molecule is Cc1ccccc1C.O=C1C=CC(=Nc2ccc(O)cc2)C=C1. The lowest BCUT2D eigenvalue weighted by Crippen LogP contribution is -1.98. The minimum Gasteiger partial charge on any atom is -0.508 e. The van der Waals surface area contributed by atoms with Gasteiger partial charge in [-0.15, -0.1) is 0 Å². The number of phenols is 1. The number of hydrogen-bond acceptors (Lipinski definition) is 3. The molecule has 2 aromatic carbocycles. The number of allylic oxidation sites excluding steroid dienone is 4. The Bertz CT molecular complexity index is 729. The summed E-state index contributed by atoms with van der Waals surface area (Å²) in [6, 6.07) is 14.9. The zero-order valence-corrected chi connectivity index (χ0v) is 13.2. The fourth-order valence-electron chi connectivity index (χ4n) is 1.86. The molecule has 23 heavy (non-hydrogen) atoms. The maximum Gasteiger partial charge on any atom is 0.178 e. The van der Waals surface area contributed by atoms with Crippen LogP contribution in [0.1, 0.15) is 11.1 Å². The number of ketones is 1. The first-order valence-corrected chi connectivity index (χ1v) is 7.35. The van der Waals surface area contributed by atoms with Crippen LogP contribution in [0.4, 0.5) is 5.69 Å². The third-order valence-corrected chi connectivity index (χ3v) is 3.37. The molecule has 1 aliphatic rings. The summed E-state index contributed by atoms with van der Waals surface area (Å²) in [5.41, 5.74) is 4.20. The average Bonchev–Trinajstić information content (AvgIpc) is 2.55. The maximum absolute atomic E-state index is 10.8. The van der Waals surface area contributed by atoms with E-state index >= 15 is 0 Å². The van der Waals surface area contributed by atoms with Crippen molar-refractivity contribution in [3.63, 3.8) is 0 Å². The van der Waals surface area contributed by atoms with E-state index in [9.17, 15) is 4.79 Å². The van der Waals surface area contributed by atoms with E-state index in [2.05, 4.69) is 43.1 Å². The number of nitrogens with zero attached hydrogens (tertiary/aromatic N) is 1.